The van der Waals surface area contributed by atoms with E-state index in [0.29, 0.717) is 32.4 Å². The predicted molar refractivity (Wildman–Crippen MR) is 273 cm³/mol. The summed E-state index contributed by atoms with van der Waals surface area (Å²) < 4.78 is 24.3. The van der Waals surface area contributed by atoms with Crippen molar-refractivity contribution in [3.63, 3.8) is 0 Å². The van der Waals surface area contributed by atoms with Gasteiger partial charge in [-0.15, -0.1) is 0 Å². The van der Waals surface area contributed by atoms with Crippen LogP contribution in [0.5, 0.6) is 0 Å². The summed E-state index contributed by atoms with van der Waals surface area (Å²) in [7, 11) is 3.95. The van der Waals surface area contributed by atoms with Crippen LogP contribution in [0.4, 0.5) is 0 Å². The van der Waals surface area contributed by atoms with E-state index >= 15 is 0 Å². The fourth-order valence-corrected chi connectivity index (χ4v) is 9.28. The lowest BCUT2D eigenvalue weighted by Crippen LogP contribution is -2.34. The number of hydrogen-bond donors (Lipinski definition) is 0. The molecule has 0 aromatic carbocycles. The molecule has 0 aromatic rings. The van der Waals surface area contributed by atoms with Crippen molar-refractivity contribution < 1.29 is 33.3 Å². The highest BCUT2D eigenvalue weighted by Crippen LogP contribution is 2.24. The molecule has 1 aliphatic rings. The van der Waals surface area contributed by atoms with Gasteiger partial charge in [-0.1, -0.05) is 169 Å². The summed E-state index contributed by atoms with van der Waals surface area (Å²) in [6, 6.07) is 0.221. The van der Waals surface area contributed by atoms with E-state index in [0.717, 1.165) is 116 Å². The van der Waals surface area contributed by atoms with Gasteiger partial charge in [0.25, 0.3) is 0 Å². The minimum Gasteiger partial charge on any atom is -0.462 e. The van der Waals surface area contributed by atoms with Crippen molar-refractivity contribution in [3.8, 4) is 0 Å². The average molecular weight is 921 g/mol. The second kappa shape index (κ2) is 44.8. The number of esters is 3. The molecule has 65 heavy (non-hydrogen) atoms. The maximum absolute atomic E-state index is 12.9. The van der Waals surface area contributed by atoms with Gasteiger partial charge in [-0.05, 0) is 97.7 Å². The molecular formula is C56H108N2O7. The van der Waals surface area contributed by atoms with E-state index in [1.54, 1.807) is 0 Å². The molecule has 1 heterocycles. The Morgan fingerprint density at radius 2 is 0.892 bits per heavy atom. The number of nitrogens with zero attached hydrogens (tertiary/aromatic N) is 2. The molecule has 0 radical (unpaired) electrons. The van der Waals surface area contributed by atoms with Crippen molar-refractivity contribution >= 4 is 17.9 Å². The van der Waals surface area contributed by atoms with E-state index in [-0.39, 0.29) is 42.3 Å². The third-order valence-electron chi connectivity index (χ3n) is 13.5. The van der Waals surface area contributed by atoms with Crippen LogP contribution >= 0.6 is 0 Å². The number of ether oxygens (including phenoxy) is 4. The van der Waals surface area contributed by atoms with E-state index in [1.807, 2.05) is 19.0 Å². The summed E-state index contributed by atoms with van der Waals surface area (Å²) in [6.45, 7) is 12.7. The molecule has 384 valence electrons. The number of rotatable bonds is 48. The second-order valence-electron chi connectivity index (χ2n) is 20.2. The molecule has 9 nitrogen and oxygen atoms in total. The Morgan fingerprint density at radius 3 is 1.35 bits per heavy atom. The summed E-state index contributed by atoms with van der Waals surface area (Å²) in [4.78, 5) is 42.9. The molecule has 3 atom stereocenters. The normalized spacial score (nSPS) is 15.9. The average Bonchev–Trinajstić information content (AvgIpc) is 3.67. The van der Waals surface area contributed by atoms with Crippen molar-refractivity contribution in [1.29, 1.82) is 0 Å². The van der Waals surface area contributed by atoms with Gasteiger partial charge < -0.3 is 23.8 Å². The first-order valence-electron chi connectivity index (χ1n) is 28.3. The lowest BCUT2D eigenvalue weighted by atomic mass is 10.0. The van der Waals surface area contributed by atoms with E-state index in [2.05, 4.69) is 32.6 Å². The maximum Gasteiger partial charge on any atom is 0.307 e. The molecule has 0 amide bonds. The zero-order valence-corrected chi connectivity index (χ0v) is 44.0. The van der Waals surface area contributed by atoms with Gasteiger partial charge >= 0.3 is 17.9 Å². The number of unbranched alkanes of at least 4 members (excludes halogenated alkanes) is 24. The molecule has 2 unspecified atom stereocenters. The smallest absolute Gasteiger partial charge is 0.307 e. The highest BCUT2D eigenvalue weighted by Gasteiger charge is 2.34. The van der Waals surface area contributed by atoms with Gasteiger partial charge in [0.2, 0.25) is 0 Å². The summed E-state index contributed by atoms with van der Waals surface area (Å²) in [6.07, 6.45) is 41.9. The first kappa shape index (κ1) is 61.3. The largest absolute Gasteiger partial charge is 0.462 e. The van der Waals surface area contributed by atoms with Crippen LogP contribution in [0.25, 0.3) is 0 Å². The van der Waals surface area contributed by atoms with Crippen LogP contribution < -0.4 is 0 Å². The Kier molecular flexibility index (Phi) is 42.2. The van der Waals surface area contributed by atoms with E-state index in [9.17, 15) is 14.4 Å². The lowest BCUT2D eigenvalue weighted by Gasteiger charge is -2.24. The van der Waals surface area contributed by atoms with Gasteiger partial charge in [0.05, 0.1) is 13.0 Å². The molecule has 0 N–H and O–H groups in total. The molecule has 0 bridgehead atoms. The van der Waals surface area contributed by atoms with Crippen LogP contribution in [0.2, 0.25) is 0 Å². The van der Waals surface area contributed by atoms with Crippen molar-refractivity contribution in [1.82, 2.24) is 9.80 Å². The van der Waals surface area contributed by atoms with Gasteiger partial charge in [-0.25, -0.2) is 0 Å². The van der Waals surface area contributed by atoms with Crippen LogP contribution in [0, 0.1) is 0 Å². The Hall–Kier alpha value is -1.71. The third kappa shape index (κ3) is 37.9. The highest BCUT2D eigenvalue weighted by atomic mass is 16.6. The Bertz CT molecular complexity index is 1070. The molecule has 0 aromatic heterocycles. The first-order valence-corrected chi connectivity index (χ1v) is 28.3. The minimum atomic E-state index is -0.127. The van der Waals surface area contributed by atoms with Gasteiger partial charge in [0.15, 0.2) is 0 Å². The molecule has 1 rings (SSSR count). The number of hydrogen-bond acceptors (Lipinski definition) is 9. The van der Waals surface area contributed by atoms with Crippen LogP contribution in [-0.4, -0.2) is 99.0 Å². The SMILES string of the molecule is CCCCCCCCC(CCCCCC)OC(=O)CCCCCN1C[C@@H](OC(=O)CCN(C)C)CC1COCCCCCCCC(=O)OC(CCCCCCCC)CCCCCCCC. The minimum absolute atomic E-state index is 0.00340. The quantitative estimate of drug-likeness (QED) is 0.0336. The van der Waals surface area contributed by atoms with Crippen LogP contribution in [0.1, 0.15) is 272 Å². The zero-order valence-electron chi connectivity index (χ0n) is 44.0. The fourth-order valence-electron chi connectivity index (χ4n) is 9.28. The maximum atomic E-state index is 12.9. The number of likely N-dealkylation sites (tertiary alicyclic amines) is 1. The molecule has 0 saturated carbocycles. The summed E-state index contributed by atoms with van der Waals surface area (Å²) >= 11 is 0. The van der Waals surface area contributed by atoms with Crippen LogP contribution in [0.3, 0.4) is 0 Å². The Balaban J connectivity index is 2.45. The summed E-state index contributed by atoms with van der Waals surface area (Å²) in [5.41, 5.74) is 0. The Morgan fingerprint density at radius 1 is 0.492 bits per heavy atom. The fraction of sp³-hybridized carbons (Fsp3) is 0.946. The lowest BCUT2D eigenvalue weighted by molar-refractivity contribution is -0.151. The van der Waals surface area contributed by atoms with Crippen molar-refractivity contribution in [3.05, 3.63) is 0 Å². The predicted octanol–water partition coefficient (Wildman–Crippen LogP) is 14.9. The van der Waals surface area contributed by atoms with E-state index < -0.39 is 0 Å². The molecule has 1 fully saturated rings. The molecule has 0 spiro atoms. The summed E-state index contributed by atoms with van der Waals surface area (Å²) in [5, 5.41) is 0. The number of carbonyl (C=O) groups is 3. The van der Waals surface area contributed by atoms with Crippen LogP contribution in [-0.2, 0) is 33.3 Å². The molecule has 0 aliphatic carbocycles. The van der Waals surface area contributed by atoms with Gasteiger partial charge in [0, 0.05) is 45.0 Å². The third-order valence-corrected chi connectivity index (χ3v) is 13.5. The Labute approximate surface area is 402 Å². The van der Waals surface area contributed by atoms with Crippen molar-refractivity contribution in [2.75, 3.05) is 46.9 Å². The van der Waals surface area contributed by atoms with E-state index in [4.69, 9.17) is 18.9 Å². The monoisotopic (exact) mass is 921 g/mol. The first-order chi connectivity index (χ1) is 31.7. The highest BCUT2D eigenvalue weighted by molar-refractivity contribution is 5.70. The molecule has 1 saturated heterocycles. The van der Waals surface area contributed by atoms with Gasteiger partial charge in [-0.3, -0.25) is 19.3 Å². The second-order valence-corrected chi connectivity index (χ2v) is 20.2. The molecule has 1 aliphatic heterocycles. The van der Waals surface area contributed by atoms with Gasteiger partial charge in [-0.2, -0.15) is 0 Å². The molecule has 9 heteroatoms. The van der Waals surface area contributed by atoms with Gasteiger partial charge in [0.1, 0.15) is 18.3 Å². The molecular weight excluding hydrogens is 813 g/mol. The van der Waals surface area contributed by atoms with Crippen molar-refractivity contribution in [2.24, 2.45) is 0 Å². The number of carbonyl (C=O) groups excluding carboxylic acids is 3. The van der Waals surface area contributed by atoms with Crippen LogP contribution in [0.15, 0.2) is 0 Å². The van der Waals surface area contributed by atoms with E-state index in [1.165, 1.54) is 128 Å². The standard InChI is InChI=1S/C56H108N2O7/c1-7-11-15-19-23-30-38-51(37-29-18-14-10-4)63-55(60)42-34-28-35-44-58-48-53(65-56(61)43-45-57(5)6)47-50(58)49-62-46-36-27-22-26-33-41-54(59)64-52(39-31-24-20-16-12-8-2)40-32-25-21-17-13-9-3/h50-53H,7-49H2,1-6H3/t50?,51?,53-/m0/s1. The topological polar surface area (TPSA) is 94.6 Å². The summed E-state index contributed by atoms with van der Waals surface area (Å²) in [5.74, 6) is -0.160. The zero-order chi connectivity index (χ0) is 47.4. The van der Waals surface area contributed by atoms with Crippen molar-refractivity contribution in [2.45, 2.75) is 296 Å².